The molecule has 0 aromatic carbocycles. The van der Waals surface area contributed by atoms with E-state index in [4.69, 9.17) is 9.84 Å². The van der Waals surface area contributed by atoms with Crippen LogP contribution in [-0.2, 0) is 4.74 Å². The first-order chi connectivity index (χ1) is 3.91. The molecule has 2 N–H and O–H groups in total. The summed E-state index contributed by atoms with van der Waals surface area (Å²) < 4.78 is 4.86. The first-order valence-electron chi connectivity index (χ1n) is 3.00. The molecule has 0 aliphatic carbocycles. The van der Waals surface area contributed by atoms with Gasteiger partial charge in [0.2, 0.25) is 0 Å². The molecule has 1 saturated heterocycles. The number of hydrogen-bond acceptors (Lipinski definition) is 3. The molecule has 3 heteroatoms. The highest BCUT2D eigenvalue weighted by Gasteiger charge is 2.41. The minimum Gasteiger partial charge on any atom is -0.388 e. The molecule has 1 aliphatic heterocycles. The van der Waals surface area contributed by atoms with Crippen LogP contribution in [0, 0.1) is 0 Å². The molecule has 54 valence electrons. The summed E-state index contributed by atoms with van der Waals surface area (Å²) in [5.74, 6) is -1.12. The van der Waals surface area contributed by atoms with Crippen LogP contribution >= 0.6 is 0 Å². The Hall–Kier alpha value is -0.120. The van der Waals surface area contributed by atoms with E-state index in [1.165, 1.54) is 0 Å². The molecule has 1 aliphatic rings. The van der Waals surface area contributed by atoms with Gasteiger partial charge in [0.15, 0.2) is 5.79 Å². The molecule has 2 atom stereocenters. The van der Waals surface area contributed by atoms with Gasteiger partial charge in [-0.05, 0) is 13.8 Å². The van der Waals surface area contributed by atoms with Gasteiger partial charge in [0.25, 0.3) is 0 Å². The number of rotatable bonds is 0. The van der Waals surface area contributed by atoms with Gasteiger partial charge in [-0.15, -0.1) is 0 Å². The van der Waals surface area contributed by atoms with Crippen LogP contribution in [0.4, 0.5) is 0 Å². The summed E-state index contributed by atoms with van der Waals surface area (Å²) in [4.78, 5) is 0. The van der Waals surface area contributed by atoms with Gasteiger partial charge in [0.1, 0.15) is 0 Å². The molecule has 0 amide bonds. The van der Waals surface area contributed by atoms with Crippen LogP contribution in [-0.4, -0.2) is 28.2 Å². The maximum absolute atomic E-state index is 9.25. The quantitative estimate of drug-likeness (QED) is 0.482. The van der Waals surface area contributed by atoms with Crippen molar-refractivity contribution in [3.05, 3.63) is 0 Å². The van der Waals surface area contributed by atoms with Crippen LogP contribution in [0.2, 0.25) is 0 Å². The molecule has 0 radical (unpaired) electrons. The van der Waals surface area contributed by atoms with Crippen molar-refractivity contribution < 1.29 is 14.9 Å². The second-order valence-electron chi connectivity index (χ2n) is 3.14. The molecule has 0 bridgehead atoms. The minimum atomic E-state index is -1.12. The smallest absolute Gasteiger partial charge is 0.165 e. The third kappa shape index (κ3) is 1.64. The van der Waals surface area contributed by atoms with Crippen molar-refractivity contribution in [2.24, 2.45) is 0 Å². The first-order valence-corrected chi connectivity index (χ1v) is 3.00. The minimum absolute atomic E-state index is 0.222. The first kappa shape index (κ1) is 6.99. The summed E-state index contributed by atoms with van der Waals surface area (Å²) in [5, 5.41) is 18.4. The van der Waals surface area contributed by atoms with Crippen molar-refractivity contribution in [3.63, 3.8) is 0 Å². The van der Waals surface area contributed by atoms with E-state index in [1.54, 1.807) is 13.8 Å². The Morgan fingerprint density at radius 2 is 1.89 bits per heavy atom. The standard InChI is InChI=1S/C6H12O3/c1-5(7)3-6(2,8)9-4-5/h7-8H,3-4H2,1-2H3. The van der Waals surface area contributed by atoms with E-state index >= 15 is 0 Å². The molecule has 0 aromatic heterocycles. The number of ether oxygens (including phenoxy) is 1. The Morgan fingerprint density at radius 1 is 1.33 bits per heavy atom. The topological polar surface area (TPSA) is 49.7 Å². The van der Waals surface area contributed by atoms with Gasteiger partial charge >= 0.3 is 0 Å². The molecule has 1 fully saturated rings. The van der Waals surface area contributed by atoms with Crippen molar-refractivity contribution in [1.29, 1.82) is 0 Å². The van der Waals surface area contributed by atoms with E-state index in [-0.39, 0.29) is 6.61 Å². The van der Waals surface area contributed by atoms with E-state index in [2.05, 4.69) is 0 Å². The summed E-state index contributed by atoms with van der Waals surface area (Å²) in [6.07, 6.45) is 0.292. The molecule has 0 saturated carbocycles. The lowest BCUT2D eigenvalue weighted by molar-refractivity contribution is -0.155. The summed E-state index contributed by atoms with van der Waals surface area (Å²) in [5.41, 5.74) is -0.844. The van der Waals surface area contributed by atoms with E-state index < -0.39 is 11.4 Å². The molecule has 0 aromatic rings. The Bertz CT molecular complexity index is 103. The van der Waals surface area contributed by atoms with Gasteiger partial charge in [-0.2, -0.15) is 0 Å². The van der Waals surface area contributed by atoms with Crippen LogP contribution in [0.5, 0.6) is 0 Å². The van der Waals surface area contributed by atoms with Crippen LogP contribution < -0.4 is 0 Å². The maximum atomic E-state index is 9.25. The number of hydrogen-bond donors (Lipinski definition) is 2. The average Bonchev–Trinajstić information content (AvgIpc) is 1.78. The predicted octanol–water partition coefficient (Wildman–Crippen LogP) is -0.134. The zero-order chi connectivity index (χ0) is 7.12. The van der Waals surface area contributed by atoms with Crippen LogP contribution in [0.3, 0.4) is 0 Å². The van der Waals surface area contributed by atoms with Crippen LogP contribution in [0.15, 0.2) is 0 Å². The Morgan fingerprint density at radius 3 is 2.00 bits per heavy atom. The van der Waals surface area contributed by atoms with Gasteiger partial charge < -0.3 is 14.9 Å². The maximum Gasteiger partial charge on any atom is 0.165 e. The monoisotopic (exact) mass is 132 g/mol. The third-order valence-corrected chi connectivity index (χ3v) is 1.40. The van der Waals surface area contributed by atoms with Crippen LogP contribution in [0.25, 0.3) is 0 Å². The highest BCUT2D eigenvalue weighted by Crippen LogP contribution is 2.29. The van der Waals surface area contributed by atoms with Gasteiger partial charge in [0.05, 0.1) is 12.2 Å². The highest BCUT2D eigenvalue weighted by molar-refractivity contribution is 4.85. The fraction of sp³-hybridized carbons (Fsp3) is 1.00. The molecule has 3 nitrogen and oxygen atoms in total. The largest absolute Gasteiger partial charge is 0.388 e. The zero-order valence-electron chi connectivity index (χ0n) is 5.72. The number of aliphatic hydroxyl groups is 2. The normalized spacial score (nSPS) is 52.0. The molecule has 1 heterocycles. The SMILES string of the molecule is CC1(O)COC(C)(O)C1. The van der Waals surface area contributed by atoms with Gasteiger partial charge in [-0.1, -0.05) is 0 Å². The molecule has 2 unspecified atom stereocenters. The molecule has 0 spiro atoms. The van der Waals surface area contributed by atoms with Crippen LogP contribution in [0.1, 0.15) is 20.3 Å². The van der Waals surface area contributed by atoms with E-state index in [9.17, 15) is 5.11 Å². The van der Waals surface area contributed by atoms with E-state index in [1.807, 2.05) is 0 Å². The Kier molecular flexibility index (Phi) is 1.31. The molecular formula is C6H12O3. The average molecular weight is 132 g/mol. The van der Waals surface area contributed by atoms with Crippen molar-refractivity contribution in [2.45, 2.75) is 31.7 Å². The summed E-state index contributed by atoms with van der Waals surface area (Å²) in [7, 11) is 0. The summed E-state index contributed by atoms with van der Waals surface area (Å²) in [6, 6.07) is 0. The highest BCUT2D eigenvalue weighted by atomic mass is 16.6. The van der Waals surface area contributed by atoms with Gasteiger partial charge in [0, 0.05) is 6.42 Å². The molecule has 9 heavy (non-hydrogen) atoms. The second kappa shape index (κ2) is 1.68. The summed E-state index contributed by atoms with van der Waals surface area (Å²) >= 11 is 0. The second-order valence-corrected chi connectivity index (χ2v) is 3.14. The fourth-order valence-corrected chi connectivity index (χ4v) is 1.12. The zero-order valence-corrected chi connectivity index (χ0v) is 5.72. The molecular weight excluding hydrogens is 120 g/mol. The summed E-state index contributed by atoms with van der Waals surface area (Å²) in [6.45, 7) is 3.42. The fourth-order valence-electron chi connectivity index (χ4n) is 1.12. The van der Waals surface area contributed by atoms with Crippen molar-refractivity contribution >= 4 is 0 Å². The van der Waals surface area contributed by atoms with Crippen molar-refractivity contribution in [1.82, 2.24) is 0 Å². The lowest BCUT2D eigenvalue weighted by Crippen LogP contribution is -2.27. The lowest BCUT2D eigenvalue weighted by atomic mass is 10.0. The van der Waals surface area contributed by atoms with Crippen molar-refractivity contribution in [2.75, 3.05) is 6.61 Å². The Balaban J connectivity index is 2.58. The third-order valence-electron chi connectivity index (χ3n) is 1.40. The van der Waals surface area contributed by atoms with E-state index in [0.717, 1.165) is 0 Å². The van der Waals surface area contributed by atoms with Crippen molar-refractivity contribution in [3.8, 4) is 0 Å². The Labute approximate surface area is 54.3 Å². The lowest BCUT2D eigenvalue weighted by Gasteiger charge is -2.15. The van der Waals surface area contributed by atoms with E-state index in [0.29, 0.717) is 6.42 Å². The predicted molar refractivity (Wildman–Crippen MR) is 31.8 cm³/mol. The molecule has 1 rings (SSSR count). The van der Waals surface area contributed by atoms with Gasteiger partial charge in [-0.3, -0.25) is 0 Å². The van der Waals surface area contributed by atoms with Gasteiger partial charge in [-0.25, -0.2) is 0 Å².